The highest BCUT2D eigenvalue weighted by atomic mass is 79.9. The second kappa shape index (κ2) is 7.49. The Kier molecular flexibility index (Phi) is 5.56. The maximum atomic E-state index is 6.41. The van der Waals surface area contributed by atoms with Gasteiger partial charge in [0, 0.05) is 27.4 Å². The van der Waals surface area contributed by atoms with Crippen molar-refractivity contribution in [2.75, 3.05) is 5.33 Å². The first-order valence-corrected chi connectivity index (χ1v) is 9.62. The summed E-state index contributed by atoms with van der Waals surface area (Å²) in [6.45, 7) is 2.08. The lowest BCUT2D eigenvalue weighted by molar-refractivity contribution is 0.849. The van der Waals surface area contributed by atoms with E-state index in [1.54, 1.807) is 6.07 Å². The zero-order valence-electron chi connectivity index (χ0n) is 12.9. The number of hydrogen-bond acceptors (Lipinski definition) is 1. The molecule has 0 atom stereocenters. The van der Waals surface area contributed by atoms with Crippen LogP contribution < -0.4 is 0 Å². The minimum atomic E-state index is 0.561. The molecule has 0 aliphatic heterocycles. The molecule has 1 aromatic heterocycles. The number of halogens is 4. The van der Waals surface area contributed by atoms with Gasteiger partial charge < -0.3 is 0 Å². The maximum absolute atomic E-state index is 6.41. The van der Waals surface area contributed by atoms with Gasteiger partial charge in [-0.3, -0.25) is 0 Å². The van der Waals surface area contributed by atoms with Gasteiger partial charge in [-0.15, -0.1) is 0 Å². The van der Waals surface area contributed by atoms with E-state index in [4.69, 9.17) is 39.9 Å². The lowest BCUT2D eigenvalue weighted by Crippen LogP contribution is -2.01. The van der Waals surface area contributed by atoms with Gasteiger partial charge in [-0.1, -0.05) is 62.9 Å². The van der Waals surface area contributed by atoms with E-state index in [0.717, 1.165) is 40.0 Å². The van der Waals surface area contributed by atoms with Crippen molar-refractivity contribution in [2.45, 2.75) is 13.3 Å². The summed E-state index contributed by atoms with van der Waals surface area (Å²) in [4.78, 5) is 0. The molecule has 0 radical (unpaired) electrons. The van der Waals surface area contributed by atoms with Gasteiger partial charge in [-0.05, 0) is 42.8 Å². The van der Waals surface area contributed by atoms with Crippen LogP contribution in [0.1, 0.15) is 11.3 Å². The Balaban J connectivity index is 2.24. The largest absolute Gasteiger partial charge is 0.231 e. The molecule has 0 saturated carbocycles. The summed E-state index contributed by atoms with van der Waals surface area (Å²) in [5, 5.41) is 7.49. The first kappa shape index (κ1) is 17.8. The number of rotatable bonds is 4. The van der Waals surface area contributed by atoms with Gasteiger partial charge in [0.1, 0.15) is 0 Å². The molecule has 0 spiro atoms. The van der Waals surface area contributed by atoms with Crippen molar-refractivity contribution in [3.8, 4) is 16.9 Å². The molecule has 0 aliphatic carbocycles. The normalized spacial score (nSPS) is 11.0. The monoisotopic (exact) mass is 442 g/mol. The predicted octanol–water partition coefficient (Wildman–Crippen LogP) is 6.75. The fraction of sp³-hybridized carbons (Fsp3) is 0.167. The topological polar surface area (TPSA) is 17.8 Å². The first-order valence-electron chi connectivity index (χ1n) is 7.37. The van der Waals surface area contributed by atoms with E-state index in [0.29, 0.717) is 15.1 Å². The number of nitrogens with zero attached hydrogens (tertiary/aromatic N) is 2. The van der Waals surface area contributed by atoms with E-state index in [9.17, 15) is 0 Å². The minimum absolute atomic E-state index is 0.561. The zero-order chi connectivity index (χ0) is 17.3. The van der Waals surface area contributed by atoms with E-state index in [1.807, 2.05) is 41.1 Å². The molecule has 3 rings (SSSR count). The molecule has 0 unspecified atom stereocenters. The van der Waals surface area contributed by atoms with Crippen molar-refractivity contribution in [3.63, 3.8) is 0 Å². The number of aromatic nitrogens is 2. The summed E-state index contributed by atoms with van der Waals surface area (Å²) in [5.74, 6) is 0. The molecule has 124 valence electrons. The van der Waals surface area contributed by atoms with Crippen molar-refractivity contribution in [2.24, 2.45) is 0 Å². The third-order valence-corrected chi connectivity index (χ3v) is 4.99. The smallest absolute Gasteiger partial charge is 0.0840 e. The second-order valence-corrected chi connectivity index (χ2v) is 7.45. The van der Waals surface area contributed by atoms with Crippen LogP contribution in [0.4, 0.5) is 0 Å². The van der Waals surface area contributed by atoms with Crippen LogP contribution >= 0.6 is 50.7 Å². The molecule has 0 bridgehead atoms. The summed E-state index contributed by atoms with van der Waals surface area (Å²) in [7, 11) is 0. The number of hydrogen-bond donors (Lipinski definition) is 0. The molecule has 3 aromatic rings. The Labute approximate surface area is 164 Å². The SMILES string of the molecule is Cc1c(CCBr)nn(-c2ccc(Cl)cc2Cl)c1-c1ccc(Cl)cc1. The van der Waals surface area contributed by atoms with Crippen LogP contribution in [0.25, 0.3) is 16.9 Å². The van der Waals surface area contributed by atoms with Gasteiger partial charge in [0.15, 0.2) is 0 Å². The average Bonchev–Trinajstić information content (AvgIpc) is 2.85. The molecule has 0 N–H and O–H groups in total. The number of alkyl halides is 1. The molecule has 0 aliphatic rings. The predicted molar refractivity (Wildman–Crippen MR) is 106 cm³/mol. The van der Waals surface area contributed by atoms with Crippen LogP contribution in [0.2, 0.25) is 15.1 Å². The van der Waals surface area contributed by atoms with E-state index in [2.05, 4.69) is 22.9 Å². The van der Waals surface area contributed by atoms with Crippen molar-refractivity contribution >= 4 is 50.7 Å². The average molecular weight is 445 g/mol. The van der Waals surface area contributed by atoms with Gasteiger partial charge in [0.05, 0.1) is 22.1 Å². The summed E-state index contributed by atoms with van der Waals surface area (Å²) in [6.07, 6.45) is 0.838. The van der Waals surface area contributed by atoms with Crippen molar-refractivity contribution in [1.82, 2.24) is 9.78 Å². The molecule has 0 saturated heterocycles. The van der Waals surface area contributed by atoms with Gasteiger partial charge >= 0.3 is 0 Å². The third-order valence-electron chi connectivity index (χ3n) is 3.81. The Hall–Kier alpha value is -1.00. The third kappa shape index (κ3) is 3.50. The Morgan fingerprint density at radius 3 is 2.29 bits per heavy atom. The highest BCUT2D eigenvalue weighted by Gasteiger charge is 2.18. The van der Waals surface area contributed by atoms with Crippen LogP contribution in [0.15, 0.2) is 42.5 Å². The lowest BCUT2D eigenvalue weighted by atomic mass is 10.1. The fourth-order valence-electron chi connectivity index (χ4n) is 2.64. The van der Waals surface area contributed by atoms with Crippen LogP contribution in [0.3, 0.4) is 0 Å². The molecule has 2 aromatic carbocycles. The summed E-state index contributed by atoms with van der Waals surface area (Å²) < 4.78 is 1.88. The summed E-state index contributed by atoms with van der Waals surface area (Å²) in [6, 6.07) is 13.2. The van der Waals surface area contributed by atoms with Crippen molar-refractivity contribution < 1.29 is 0 Å². The molecular formula is C18H14BrCl3N2. The molecule has 0 fully saturated rings. The van der Waals surface area contributed by atoms with Crippen LogP contribution in [-0.4, -0.2) is 15.1 Å². The van der Waals surface area contributed by atoms with Gasteiger partial charge in [-0.2, -0.15) is 5.10 Å². The molecule has 6 heteroatoms. The number of benzene rings is 2. The van der Waals surface area contributed by atoms with E-state index in [-0.39, 0.29) is 0 Å². The molecule has 2 nitrogen and oxygen atoms in total. The fourth-order valence-corrected chi connectivity index (χ4v) is 3.63. The lowest BCUT2D eigenvalue weighted by Gasteiger charge is -2.11. The van der Waals surface area contributed by atoms with Crippen LogP contribution in [-0.2, 0) is 6.42 Å². The minimum Gasteiger partial charge on any atom is -0.231 e. The van der Waals surface area contributed by atoms with Crippen LogP contribution in [0.5, 0.6) is 0 Å². The molecule has 0 amide bonds. The zero-order valence-corrected chi connectivity index (χ0v) is 16.7. The first-order chi connectivity index (χ1) is 11.5. The standard InChI is InChI=1S/C18H14BrCl3N2/c1-11-16(8-9-19)23-24(17-7-6-14(21)10-15(17)22)18(11)12-2-4-13(20)5-3-12/h2-7,10H,8-9H2,1H3. The van der Waals surface area contributed by atoms with E-state index >= 15 is 0 Å². The van der Waals surface area contributed by atoms with E-state index in [1.165, 1.54) is 0 Å². The molecule has 24 heavy (non-hydrogen) atoms. The highest BCUT2D eigenvalue weighted by molar-refractivity contribution is 9.09. The van der Waals surface area contributed by atoms with Crippen molar-refractivity contribution in [3.05, 3.63) is 68.8 Å². The Morgan fingerprint density at radius 2 is 1.67 bits per heavy atom. The van der Waals surface area contributed by atoms with Crippen molar-refractivity contribution in [1.29, 1.82) is 0 Å². The van der Waals surface area contributed by atoms with Crippen LogP contribution in [0, 0.1) is 6.92 Å². The Bertz CT molecular complexity index is 873. The van der Waals surface area contributed by atoms with Gasteiger partial charge in [0.2, 0.25) is 0 Å². The summed E-state index contributed by atoms with van der Waals surface area (Å²) in [5.41, 5.74) is 5.00. The second-order valence-electron chi connectivity index (χ2n) is 5.37. The van der Waals surface area contributed by atoms with Gasteiger partial charge in [-0.25, -0.2) is 4.68 Å². The van der Waals surface area contributed by atoms with Gasteiger partial charge in [0.25, 0.3) is 0 Å². The number of aryl methyl sites for hydroxylation is 1. The molecular weight excluding hydrogens is 430 g/mol. The molecule has 1 heterocycles. The Morgan fingerprint density at radius 1 is 1.00 bits per heavy atom. The maximum Gasteiger partial charge on any atom is 0.0840 e. The van der Waals surface area contributed by atoms with E-state index < -0.39 is 0 Å². The quantitative estimate of drug-likeness (QED) is 0.407. The summed E-state index contributed by atoms with van der Waals surface area (Å²) >= 11 is 22.0. The highest BCUT2D eigenvalue weighted by Crippen LogP contribution is 2.33.